The Morgan fingerprint density at radius 3 is 2.79 bits per heavy atom. The summed E-state index contributed by atoms with van der Waals surface area (Å²) in [7, 11) is 0. The molecule has 0 aliphatic carbocycles. The molecule has 4 heterocycles. The number of fused-ring (bicyclic) bond motifs is 1. The van der Waals surface area contributed by atoms with Crippen LogP contribution in [0, 0.1) is 0 Å². The van der Waals surface area contributed by atoms with E-state index in [-0.39, 0.29) is 6.10 Å². The Hall–Kier alpha value is -2.41. The number of hydrogen-bond acceptors (Lipinski definition) is 6. The van der Waals surface area contributed by atoms with E-state index in [2.05, 4.69) is 40.2 Å². The van der Waals surface area contributed by atoms with E-state index in [0.29, 0.717) is 6.79 Å². The van der Waals surface area contributed by atoms with Gasteiger partial charge in [0.2, 0.25) is 6.79 Å². The summed E-state index contributed by atoms with van der Waals surface area (Å²) < 4.78 is 16.9. The summed E-state index contributed by atoms with van der Waals surface area (Å²) in [5, 5.41) is 0. The van der Waals surface area contributed by atoms with Crippen molar-refractivity contribution in [1.29, 1.82) is 0 Å². The van der Waals surface area contributed by atoms with Gasteiger partial charge in [0.05, 0.1) is 6.10 Å². The van der Waals surface area contributed by atoms with Gasteiger partial charge in [-0.05, 0) is 54.3 Å². The highest BCUT2D eigenvalue weighted by molar-refractivity contribution is 7.12. The second kappa shape index (κ2) is 8.53. The molecule has 0 amide bonds. The summed E-state index contributed by atoms with van der Waals surface area (Å²) in [6.45, 7) is 3.75. The normalized spacial score (nSPS) is 17.9. The van der Waals surface area contributed by atoms with Gasteiger partial charge in [-0.3, -0.25) is 9.88 Å². The monoisotopic (exact) mass is 408 g/mol. The van der Waals surface area contributed by atoms with E-state index in [1.165, 1.54) is 20.9 Å². The molecule has 0 N–H and O–H groups in total. The molecule has 2 aliphatic heterocycles. The first-order chi connectivity index (χ1) is 14.3. The molecule has 0 spiro atoms. The molecule has 150 valence electrons. The first kappa shape index (κ1) is 18.6. The van der Waals surface area contributed by atoms with E-state index in [9.17, 15) is 0 Å². The lowest BCUT2D eigenvalue weighted by Crippen LogP contribution is -2.22. The SMILES string of the molecule is c1cncc(CN(Cc2ccc3c(c2)OCO3)Cc2ccc(C3CCCO3)s2)c1. The van der Waals surface area contributed by atoms with Gasteiger partial charge in [0.15, 0.2) is 11.5 Å². The highest BCUT2D eigenvalue weighted by atomic mass is 32.1. The number of nitrogens with zero attached hydrogens (tertiary/aromatic N) is 2. The summed E-state index contributed by atoms with van der Waals surface area (Å²) in [6.07, 6.45) is 6.35. The molecular weight excluding hydrogens is 384 g/mol. The zero-order valence-electron chi connectivity index (χ0n) is 16.3. The van der Waals surface area contributed by atoms with Gasteiger partial charge in [-0.25, -0.2) is 0 Å². The lowest BCUT2D eigenvalue weighted by atomic mass is 10.1. The van der Waals surface area contributed by atoms with E-state index in [0.717, 1.165) is 50.6 Å². The fourth-order valence-electron chi connectivity index (χ4n) is 3.89. The number of hydrogen-bond donors (Lipinski definition) is 0. The molecule has 0 bridgehead atoms. The maximum absolute atomic E-state index is 5.85. The van der Waals surface area contributed by atoms with Crippen LogP contribution in [0.2, 0.25) is 0 Å². The number of pyridine rings is 1. The van der Waals surface area contributed by atoms with Gasteiger partial charge in [-0.1, -0.05) is 12.1 Å². The molecule has 2 aliphatic rings. The number of benzene rings is 1. The average Bonchev–Trinajstić information content (AvgIpc) is 3.50. The van der Waals surface area contributed by atoms with E-state index in [1.807, 2.05) is 35.9 Å². The minimum atomic E-state index is 0.286. The molecule has 1 atom stereocenters. The molecule has 1 fully saturated rings. The Morgan fingerprint density at radius 1 is 1.00 bits per heavy atom. The third kappa shape index (κ3) is 4.45. The van der Waals surface area contributed by atoms with Crippen LogP contribution in [-0.2, 0) is 24.4 Å². The molecule has 0 radical (unpaired) electrons. The van der Waals surface area contributed by atoms with Gasteiger partial charge in [0.1, 0.15) is 0 Å². The number of aromatic nitrogens is 1. The molecule has 5 nitrogen and oxygen atoms in total. The van der Waals surface area contributed by atoms with Crippen LogP contribution in [-0.4, -0.2) is 23.3 Å². The Bertz CT molecular complexity index is 954. The topological polar surface area (TPSA) is 43.8 Å². The molecule has 1 unspecified atom stereocenters. The van der Waals surface area contributed by atoms with Crippen LogP contribution in [0.25, 0.3) is 0 Å². The predicted molar refractivity (Wildman–Crippen MR) is 112 cm³/mol. The van der Waals surface area contributed by atoms with Crippen LogP contribution in [0.3, 0.4) is 0 Å². The van der Waals surface area contributed by atoms with Crippen molar-refractivity contribution in [1.82, 2.24) is 9.88 Å². The highest BCUT2D eigenvalue weighted by Gasteiger charge is 2.20. The summed E-state index contributed by atoms with van der Waals surface area (Å²) in [6, 6.07) is 14.8. The fourth-order valence-corrected chi connectivity index (χ4v) is 5.03. The maximum atomic E-state index is 5.85. The standard InChI is InChI=1S/C23H24N2O3S/c1-3-18(12-24-9-1)14-25(13-17-5-7-20-22(11-17)28-16-27-20)15-19-6-8-23(29-19)21-4-2-10-26-21/h1,3,5-9,11-12,21H,2,4,10,13-16H2. The predicted octanol–water partition coefficient (Wildman–Crippen LogP) is 4.93. The van der Waals surface area contributed by atoms with E-state index in [4.69, 9.17) is 14.2 Å². The zero-order valence-corrected chi connectivity index (χ0v) is 17.1. The van der Waals surface area contributed by atoms with E-state index < -0.39 is 0 Å². The van der Waals surface area contributed by atoms with E-state index >= 15 is 0 Å². The van der Waals surface area contributed by atoms with Gasteiger partial charge >= 0.3 is 0 Å². The second-order valence-electron chi connectivity index (χ2n) is 7.50. The second-order valence-corrected chi connectivity index (χ2v) is 8.70. The molecule has 3 aromatic rings. The Labute approximate surface area is 174 Å². The minimum absolute atomic E-state index is 0.286. The van der Waals surface area contributed by atoms with Gasteiger partial charge < -0.3 is 14.2 Å². The van der Waals surface area contributed by atoms with Crippen molar-refractivity contribution in [2.45, 2.75) is 38.6 Å². The zero-order chi connectivity index (χ0) is 19.5. The summed E-state index contributed by atoms with van der Waals surface area (Å²) in [5.41, 5.74) is 2.43. The quantitative estimate of drug-likeness (QED) is 0.555. The van der Waals surface area contributed by atoms with Gasteiger partial charge in [-0.15, -0.1) is 11.3 Å². The molecule has 6 heteroatoms. The largest absolute Gasteiger partial charge is 0.454 e. The molecule has 1 saturated heterocycles. The highest BCUT2D eigenvalue weighted by Crippen LogP contribution is 2.35. The maximum Gasteiger partial charge on any atom is 0.231 e. The van der Waals surface area contributed by atoms with Gasteiger partial charge in [0.25, 0.3) is 0 Å². The molecule has 1 aromatic carbocycles. The number of thiophene rings is 1. The minimum Gasteiger partial charge on any atom is -0.454 e. The Morgan fingerprint density at radius 2 is 1.93 bits per heavy atom. The number of ether oxygens (including phenoxy) is 3. The Kier molecular flexibility index (Phi) is 5.47. The smallest absolute Gasteiger partial charge is 0.231 e. The van der Waals surface area contributed by atoms with Gasteiger partial charge in [-0.2, -0.15) is 0 Å². The average molecular weight is 409 g/mol. The van der Waals surface area contributed by atoms with Crippen molar-refractivity contribution >= 4 is 11.3 Å². The van der Waals surface area contributed by atoms with Crippen molar-refractivity contribution in [2.24, 2.45) is 0 Å². The van der Waals surface area contributed by atoms with Crippen molar-refractivity contribution in [2.75, 3.05) is 13.4 Å². The van der Waals surface area contributed by atoms with Crippen molar-refractivity contribution in [3.8, 4) is 11.5 Å². The van der Waals surface area contributed by atoms with Crippen LogP contribution in [0.15, 0.2) is 54.9 Å². The van der Waals surface area contributed by atoms with Crippen molar-refractivity contribution in [3.63, 3.8) is 0 Å². The molecule has 2 aromatic heterocycles. The summed E-state index contributed by atoms with van der Waals surface area (Å²) >= 11 is 1.87. The van der Waals surface area contributed by atoms with Crippen LogP contribution < -0.4 is 9.47 Å². The first-order valence-corrected chi connectivity index (χ1v) is 10.9. The van der Waals surface area contributed by atoms with Crippen LogP contribution in [0.5, 0.6) is 11.5 Å². The first-order valence-electron chi connectivity index (χ1n) is 10.0. The van der Waals surface area contributed by atoms with Crippen LogP contribution in [0.1, 0.15) is 39.8 Å². The molecular formula is C23H24N2O3S. The van der Waals surface area contributed by atoms with Crippen molar-refractivity contribution in [3.05, 3.63) is 75.7 Å². The molecule has 29 heavy (non-hydrogen) atoms. The molecule has 5 rings (SSSR count). The Balaban J connectivity index is 1.33. The third-order valence-electron chi connectivity index (χ3n) is 5.28. The lowest BCUT2D eigenvalue weighted by Gasteiger charge is -2.22. The molecule has 0 saturated carbocycles. The number of rotatable bonds is 7. The fraction of sp³-hybridized carbons (Fsp3) is 0.348. The van der Waals surface area contributed by atoms with Crippen LogP contribution in [0.4, 0.5) is 0 Å². The lowest BCUT2D eigenvalue weighted by molar-refractivity contribution is 0.114. The third-order valence-corrected chi connectivity index (χ3v) is 6.44. The van der Waals surface area contributed by atoms with Crippen LogP contribution >= 0.6 is 11.3 Å². The summed E-state index contributed by atoms with van der Waals surface area (Å²) in [5.74, 6) is 1.66. The van der Waals surface area contributed by atoms with Gasteiger partial charge in [0, 0.05) is 48.4 Å². The summed E-state index contributed by atoms with van der Waals surface area (Å²) in [4.78, 5) is 9.43. The van der Waals surface area contributed by atoms with Crippen molar-refractivity contribution < 1.29 is 14.2 Å². The van der Waals surface area contributed by atoms with E-state index in [1.54, 1.807) is 0 Å².